The first-order chi connectivity index (χ1) is 13.7. The largest absolute Gasteiger partial charge is 0.487 e. The summed E-state index contributed by atoms with van der Waals surface area (Å²) in [6.45, 7) is 3.10. The van der Waals surface area contributed by atoms with Gasteiger partial charge in [-0.25, -0.2) is 4.98 Å². The van der Waals surface area contributed by atoms with Crippen molar-refractivity contribution in [3.8, 4) is 5.75 Å². The molecule has 144 valence electrons. The molecular formula is C22H22N2O2S2. The quantitative estimate of drug-likeness (QED) is 0.474. The third-order valence-electron chi connectivity index (χ3n) is 4.54. The van der Waals surface area contributed by atoms with E-state index in [0.29, 0.717) is 19.2 Å². The lowest BCUT2D eigenvalue weighted by Gasteiger charge is -2.20. The smallest absolute Gasteiger partial charge is 0.247 e. The average Bonchev–Trinajstić information content (AvgIpc) is 3.24. The van der Waals surface area contributed by atoms with Gasteiger partial charge in [-0.05, 0) is 43.4 Å². The Bertz CT molecular complexity index is 959. The van der Waals surface area contributed by atoms with Crippen LogP contribution in [0, 0.1) is 6.92 Å². The SMILES string of the molecule is Cc1nc(COc2ccccc2/C=C/C(=O)N(Cc2cccs2)C2CC2)cs1. The Labute approximate surface area is 173 Å². The minimum absolute atomic E-state index is 0.0563. The van der Waals surface area contributed by atoms with E-state index in [4.69, 9.17) is 4.74 Å². The molecule has 2 heterocycles. The Morgan fingerprint density at radius 3 is 2.82 bits per heavy atom. The van der Waals surface area contributed by atoms with E-state index in [1.807, 2.05) is 53.6 Å². The van der Waals surface area contributed by atoms with Crippen molar-refractivity contribution in [1.82, 2.24) is 9.88 Å². The molecule has 1 saturated carbocycles. The average molecular weight is 411 g/mol. The molecule has 3 aromatic rings. The van der Waals surface area contributed by atoms with Crippen molar-refractivity contribution in [2.24, 2.45) is 0 Å². The first kappa shape index (κ1) is 18.9. The van der Waals surface area contributed by atoms with Gasteiger partial charge in [-0.2, -0.15) is 0 Å². The van der Waals surface area contributed by atoms with Crippen LogP contribution in [0.5, 0.6) is 5.75 Å². The van der Waals surface area contributed by atoms with Gasteiger partial charge in [-0.3, -0.25) is 4.79 Å². The minimum atomic E-state index is 0.0563. The summed E-state index contributed by atoms with van der Waals surface area (Å²) < 4.78 is 5.94. The maximum Gasteiger partial charge on any atom is 0.247 e. The number of carbonyl (C=O) groups excluding carboxylic acids is 1. The number of aryl methyl sites for hydroxylation is 1. The predicted molar refractivity (Wildman–Crippen MR) is 115 cm³/mol. The summed E-state index contributed by atoms with van der Waals surface area (Å²) in [4.78, 5) is 20.4. The number of benzene rings is 1. The number of ether oxygens (including phenoxy) is 1. The highest BCUT2D eigenvalue weighted by molar-refractivity contribution is 7.10. The fraction of sp³-hybridized carbons (Fsp3) is 0.273. The number of nitrogens with zero attached hydrogens (tertiary/aromatic N) is 2. The van der Waals surface area contributed by atoms with Crippen LogP contribution < -0.4 is 4.74 Å². The summed E-state index contributed by atoms with van der Waals surface area (Å²) in [5, 5.41) is 5.09. The van der Waals surface area contributed by atoms with Crippen LogP contribution in [0.15, 0.2) is 53.2 Å². The van der Waals surface area contributed by atoms with Gasteiger partial charge in [0.15, 0.2) is 0 Å². The van der Waals surface area contributed by atoms with Crippen molar-refractivity contribution in [2.45, 2.75) is 39.0 Å². The van der Waals surface area contributed by atoms with Gasteiger partial charge in [-0.1, -0.05) is 24.3 Å². The number of rotatable bonds is 8. The number of amides is 1. The fourth-order valence-electron chi connectivity index (χ4n) is 2.98. The Hall–Kier alpha value is -2.44. The van der Waals surface area contributed by atoms with Crippen LogP contribution >= 0.6 is 22.7 Å². The molecule has 28 heavy (non-hydrogen) atoms. The molecule has 1 amide bonds. The van der Waals surface area contributed by atoms with Crippen molar-refractivity contribution in [3.63, 3.8) is 0 Å². The molecule has 0 atom stereocenters. The lowest BCUT2D eigenvalue weighted by molar-refractivity contribution is -0.127. The van der Waals surface area contributed by atoms with Crippen molar-refractivity contribution >= 4 is 34.7 Å². The van der Waals surface area contributed by atoms with Gasteiger partial charge < -0.3 is 9.64 Å². The molecule has 4 nitrogen and oxygen atoms in total. The summed E-state index contributed by atoms with van der Waals surface area (Å²) in [5.41, 5.74) is 1.82. The second kappa shape index (κ2) is 8.71. The van der Waals surface area contributed by atoms with Gasteiger partial charge in [0.2, 0.25) is 5.91 Å². The molecule has 0 saturated heterocycles. The predicted octanol–water partition coefficient (Wildman–Crippen LogP) is 5.30. The standard InChI is InChI=1S/C22H22N2O2S2/c1-16-23-18(15-28-16)14-26-21-7-3-2-5-17(21)8-11-22(25)24(19-9-10-19)13-20-6-4-12-27-20/h2-8,11-12,15,19H,9-10,13-14H2,1H3/b11-8+. The minimum Gasteiger partial charge on any atom is -0.487 e. The lowest BCUT2D eigenvalue weighted by Crippen LogP contribution is -2.30. The van der Waals surface area contributed by atoms with E-state index in [1.165, 1.54) is 4.88 Å². The van der Waals surface area contributed by atoms with Crippen LogP contribution in [0.25, 0.3) is 6.08 Å². The number of hydrogen-bond acceptors (Lipinski definition) is 5. The summed E-state index contributed by atoms with van der Waals surface area (Å²) >= 11 is 3.31. The Morgan fingerprint density at radius 1 is 1.25 bits per heavy atom. The first-order valence-corrected chi connectivity index (χ1v) is 11.1. The van der Waals surface area contributed by atoms with E-state index in [-0.39, 0.29) is 5.91 Å². The highest BCUT2D eigenvalue weighted by Gasteiger charge is 2.31. The van der Waals surface area contributed by atoms with Crippen LogP contribution in [-0.2, 0) is 17.9 Å². The van der Waals surface area contributed by atoms with Crippen LogP contribution in [0.4, 0.5) is 0 Å². The van der Waals surface area contributed by atoms with Crippen LogP contribution in [-0.4, -0.2) is 21.8 Å². The number of thiazole rings is 1. The monoisotopic (exact) mass is 410 g/mol. The molecule has 0 unspecified atom stereocenters. The number of aromatic nitrogens is 1. The van der Waals surface area contributed by atoms with Crippen molar-refractivity contribution < 1.29 is 9.53 Å². The van der Waals surface area contributed by atoms with Crippen LogP contribution in [0.3, 0.4) is 0 Å². The third-order valence-corrected chi connectivity index (χ3v) is 6.23. The zero-order chi connectivity index (χ0) is 19.3. The molecule has 4 rings (SSSR count). The Kier molecular flexibility index (Phi) is 5.88. The van der Waals surface area contributed by atoms with E-state index < -0.39 is 0 Å². The molecule has 0 bridgehead atoms. The third kappa shape index (κ3) is 4.88. The van der Waals surface area contributed by atoms with Crippen molar-refractivity contribution in [3.05, 3.63) is 74.4 Å². The normalized spacial score (nSPS) is 13.8. The highest BCUT2D eigenvalue weighted by atomic mass is 32.1. The summed E-state index contributed by atoms with van der Waals surface area (Å²) in [7, 11) is 0. The second-order valence-corrected chi connectivity index (χ2v) is 8.89. The molecule has 1 aliphatic rings. The van der Waals surface area contributed by atoms with Crippen molar-refractivity contribution in [1.29, 1.82) is 0 Å². The van der Waals surface area contributed by atoms with Gasteiger partial charge in [0.25, 0.3) is 0 Å². The summed E-state index contributed by atoms with van der Waals surface area (Å²) in [6.07, 6.45) is 5.71. The molecule has 1 aliphatic carbocycles. The first-order valence-electron chi connectivity index (χ1n) is 9.33. The number of hydrogen-bond donors (Lipinski definition) is 0. The van der Waals surface area contributed by atoms with E-state index in [2.05, 4.69) is 16.4 Å². The highest BCUT2D eigenvalue weighted by Crippen LogP contribution is 2.30. The zero-order valence-corrected chi connectivity index (χ0v) is 17.3. The Balaban J connectivity index is 1.43. The molecule has 1 fully saturated rings. The number of para-hydroxylation sites is 1. The van der Waals surface area contributed by atoms with Gasteiger partial charge in [-0.15, -0.1) is 22.7 Å². The van der Waals surface area contributed by atoms with Gasteiger partial charge in [0.05, 0.1) is 17.2 Å². The summed E-state index contributed by atoms with van der Waals surface area (Å²) in [5.74, 6) is 0.814. The van der Waals surface area contributed by atoms with Crippen LogP contribution in [0.2, 0.25) is 0 Å². The second-order valence-electron chi connectivity index (χ2n) is 6.79. The fourth-order valence-corrected chi connectivity index (χ4v) is 4.28. The number of thiophene rings is 1. The molecule has 0 spiro atoms. The van der Waals surface area contributed by atoms with Gasteiger partial charge >= 0.3 is 0 Å². The molecule has 0 aliphatic heterocycles. The number of carbonyl (C=O) groups is 1. The maximum atomic E-state index is 12.8. The van der Waals surface area contributed by atoms with Crippen molar-refractivity contribution in [2.75, 3.05) is 0 Å². The topological polar surface area (TPSA) is 42.4 Å². The van der Waals surface area contributed by atoms with E-state index in [1.54, 1.807) is 28.7 Å². The maximum absolute atomic E-state index is 12.8. The van der Waals surface area contributed by atoms with E-state index >= 15 is 0 Å². The van der Waals surface area contributed by atoms with E-state index in [9.17, 15) is 4.79 Å². The van der Waals surface area contributed by atoms with Gasteiger partial charge in [0.1, 0.15) is 12.4 Å². The Morgan fingerprint density at radius 2 is 2.11 bits per heavy atom. The van der Waals surface area contributed by atoms with E-state index in [0.717, 1.165) is 34.9 Å². The molecule has 2 aromatic heterocycles. The van der Waals surface area contributed by atoms with Gasteiger partial charge in [0, 0.05) is 27.9 Å². The lowest BCUT2D eigenvalue weighted by atomic mass is 10.2. The molecule has 1 aromatic carbocycles. The molecule has 0 radical (unpaired) electrons. The molecule has 6 heteroatoms. The zero-order valence-electron chi connectivity index (χ0n) is 15.7. The molecule has 0 N–H and O–H groups in total. The van der Waals surface area contributed by atoms with Crippen LogP contribution in [0.1, 0.15) is 34.0 Å². The molecular weight excluding hydrogens is 388 g/mol. The summed E-state index contributed by atoms with van der Waals surface area (Å²) in [6, 6.07) is 12.3.